The molecule has 1 atom stereocenters. The Balaban J connectivity index is 1.62. The third-order valence-electron chi connectivity index (χ3n) is 4.67. The Morgan fingerprint density at radius 1 is 1.17 bits per heavy atom. The zero-order chi connectivity index (χ0) is 16.3. The van der Waals surface area contributed by atoms with Gasteiger partial charge in [-0.25, -0.2) is 0 Å². The number of ether oxygens (including phenoxy) is 2. The van der Waals surface area contributed by atoms with Gasteiger partial charge in [0.05, 0.1) is 10.6 Å². The monoisotopic (exact) mass is 342 g/mol. The number of amides is 1. The van der Waals surface area contributed by atoms with Gasteiger partial charge in [0, 0.05) is 17.3 Å². The molecule has 2 aromatic rings. The van der Waals surface area contributed by atoms with Gasteiger partial charge in [-0.2, -0.15) is 0 Å². The van der Waals surface area contributed by atoms with Crippen LogP contribution >= 0.6 is 11.6 Å². The minimum atomic E-state index is -0.258. The Kier molecular flexibility index (Phi) is 2.94. The number of hydrogen-bond donors (Lipinski definition) is 1. The number of nitrogens with zero attached hydrogens (tertiary/aromatic N) is 1. The minimum absolute atomic E-state index is 0.0608. The summed E-state index contributed by atoms with van der Waals surface area (Å²) >= 11 is 6.34. The average molecular weight is 343 g/mol. The molecule has 122 valence electrons. The topological polar surface area (TPSA) is 50.8 Å². The van der Waals surface area contributed by atoms with Crippen LogP contribution in [0.25, 0.3) is 0 Å². The fourth-order valence-corrected chi connectivity index (χ4v) is 3.66. The zero-order valence-electron chi connectivity index (χ0n) is 12.8. The van der Waals surface area contributed by atoms with Crippen LogP contribution < -0.4 is 14.8 Å². The lowest BCUT2D eigenvalue weighted by Gasteiger charge is -2.38. The molecule has 5 rings (SSSR count). The van der Waals surface area contributed by atoms with Crippen molar-refractivity contribution in [2.75, 3.05) is 12.1 Å². The van der Waals surface area contributed by atoms with Crippen LogP contribution in [0.4, 0.5) is 5.69 Å². The van der Waals surface area contributed by atoms with Crippen LogP contribution in [-0.4, -0.2) is 23.6 Å². The van der Waals surface area contributed by atoms with Crippen molar-refractivity contribution in [1.82, 2.24) is 4.90 Å². The number of carbonyl (C=O) groups is 1. The number of carbonyl (C=O) groups excluding carboxylic acids is 1. The van der Waals surface area contributed by atoms with Gasteiger partial charge in [-0.15, -0.1) is 0 Å². The molecule has 2 aliphatic heterocycles. The maximum atomic E-state index is 13.0. The smallest absolute Gasteiger partial charge is 0.258 e. The highest BCUT2D eigenvalue weighted by Gasteiger charge is 2.42. The van der Waals surface area contributed by atoms with Gasteiger partial charge in [-0.05, 0) is 37.1 Å². The maximum absolute atomic E-state index is 13.0. The average Bonchev–Trinajstić information content (AvgIpc) is 3.30. The largest absolute Gasteiger partial charge is 0.454 e. The fourth-order valence-electron chi connectivity index (χ4n) is 3.39. The molecule has 3 aliphatic rings. The van der Waals surface area contributed by atoms with E-state index in [-0.39, 0.29) is 24.9 Å². The van der Waals surface area contributed by atoms with Crippen LogP contribution in [0.15, 0.2) is 36.4 Å². The quantitative estimate of drug-likeness (QED) is 0.902. The summed E-state index contributed by atoms with van der Waals surface area (Å²) in [6.07, 6.45) is 1.81. The molecule has 0 aromatic heterocycles. The molecule has 24 heavy (non-hydrogen) atoms. The highest BCUT2D eigenvalue weighted by Crippen LogP contribution is 2.45. The molecule has 2 aromatic carbocycles. The number of halogens is 1. The fraction of sp³-hybridized carbons (Fsp3) is 0.278. The second-order valence-electron chi connectivity index (χ2n) is 6.27. The summed E-state index contributed by atoms with van der Waals surface area (Å²) in [5, 5.41) is 3.99. The van der Waals surface area contributed by atoms with Crippen LogP contribution in [0, 0.1) is 0 Å². The summed E-state index contributed by atoms with van der Waals surface area (Å²) in [7, 11) is 0. The summed E-state index contributed by atoms with van der Waals surface area (Å²) < 4.78 is 10.9. The standard InChI is InChI=1S/C18H15ClN2O3/c19-13-7-10(8-15-16(13)24-9-23-15)17-20-14-4-2-1-3-12(14)18(22)21(17)11-5-6-11/h1-4,7-8,11,17,20H,5-6,9H2/t17-/m1/s1. The molecule has 1 fully saturated rings. The Labute approximate surface area is 144 Å². The van der Waals surface area contributed by atoms with E-state index in [1.807, 2.05) is 41.3 Å². The number of benzene rings is 2. The van der Waals surface area contributed by atoms with Gasteiger partial charge >= 0.3 is 0 Å². The van der Waals surface area contributed by atoms with Gasteiger partial charge in [-0.1, -0.05) is 23.7 Å². The van der Waals surface area contributed by atoms with Crippen LogP contribution in [0.3, 0.4) is 0 Å². The first-order chi connectivity index (χ1) is 11.7. The van der Waals surface area contributed by atoms with E-state index >= 15 is 0 Å². The molecule has 0 saturated heterocycles. The summed E-state index contributed by atoms with van der Waals surface area (Å²) in [4.78, 5) is 14.9. The number of para-hydroxylation sites is 1. The molecule has 1 amide bonds. The molecule has 1 N–H and O–H groups in total. The highest BCUT2D eigenvalue weighted by atomic mass is 35.5. The van der Waals surface area contributed by atoms with Gasteiger partial charge in [-0.3, -0.25) is 4.79 Å². The van der Waals surface area contributed by atoms with E-state index < -0.39 is 0 Å². The number of hydrogen-bond acceptors (Lipinski definition) is 4. The Morgan fingerprint density at radius 3 is 2.83 bits per heavy atom. The molecule has 6 heteroatoms. The number of fused-ring (bicyclic) bond motifs is 2. The molecule has 0 unspecified atom stereocenters. The number of nitrogens with one attached hydrogen (secondary N) is 1. The lowest BCUT2D eigenvalue weighted by Crippen LogP contribution is -2.44. The maximum Gasteiger partial charge on any atom is 0.258 e. The van der Waals surface area contributed by atoms with E-state index in [0.717, 1.165) is 24.1 Å². The molecule has 0 radical (unpaired) electrons. The van der Waals surface area contributed by atoms with E-state index in [4.69, 9.17) is 21.1 Å². The molecule has 5 nitrogen and oxygen atoms in total. The van der Waals surface area contributed by atoms with Gasteiger partial charge in [0.2, 0.25) is 6.79 Å². The van der Waals surface area contributed by atoms with Crippen molar-refractivity contribution in [3.8, 4) is 11.5 Å². The summed E-state index contributed by atoms with van der Waals surface area (Å²) in [6.45, 7) is 0.171. The van der Waals surface area contributed by atoms with Crippen LogP contribution in [0.1, 0.15) is 34.9 Å². The summed E-state index contributed by atoms with van der Waals surface area (Å²) in [5.41, 5.74) is 2.46. The Bertz CT molecular complexity index is 850. The third-order valence-corrected chi connectivity index (χ3v) is 4.95. The minimum Gasteiger partial charge on any atom is -0.454 e. The first kappa shape index (κ1) is 14.0. The van der Waals surface area contributed by atoms with E-state index in [1.54, 1.807) is 0 Å². The van der Waals surface area contributed by atoms with Crippen LogP contribution in [0.2, 0.25) is 5.02 Å². The van der Waals surface area contributed by atoms with E-state index in [9.17, 15) is 4.79 Å². The van der Waals surface area contributed by atoms with Crippen molar-refractivity contribution in [1.29, 1.82) is 0 Å². The second-order valence-corrected chi connectivity index (χ2v) is 6.68. The highest BCUT2D eigenvalue weighted by molar-refractivity contribution is 6.32. The molecule has 1 aliphatic carbocycles. The predicted molar refractivity (Wildman–Crippen MR) is 89.6 cm³/mol. The van der Waals surface area contributed by atoms with Crippen molar-refractivity contribution in [3.05, 3.63) is 52.5 Å². The van der Waals surface area contributed by atoms with Crippen molar-refractivity contribution < 1.29 is 14.3 Å². The third kappa shape index (κ3) is 2.04. The van der Waals surface area contributed by atoms with Crippen molar-refractivity contribution in [3.63, 3.8) is 0 Å². The number of anilines is 1. The molecule has 2 heterocycles. The normalized spacial score (nSPS) is 21.5. The Hall–Kier alpha value is -2.40. The predicted octanol–water partition coefficient (Wildman–Crippen LogP) is 3.80. The molecule has 0 spiro atoms. The van der Waals surface area contributed by atoms with Crippen molar-refractivity contribution in [2.24, 2.45) is 0 Å². The lowest BCUT2D eigenvalue weighted by atomic mass is 10.0. The molecule has 0 bridgehead atoms. The van der Waals surface area contributed by atoms with Gasteiger partial charge in [0.15, 0.2) is 11.5 Å². The molecular weight excluding hydrogens is 328 g/mol. The number of rotatable bonds is 2. The summed E-state index contributed by atoms with van der Waals surface area (Å²) in [6, 6.07) is 11.6. The Morgan fingerprint density at radius 2 is 2.00 bits per heavy atom. The van der Waals surface area contributed by atoms with Crippen molar-refractivity contribution >= 4 is 23.2 Å². The molecule has 1 saturated carbocycles. The molecular formula is C18H15ClN2O3. The van der Waals surface area contributed by atoms with E-state index in [1.165, 1.54) is 0 Å². The van der Waals surface area contributed by atoms with E-state index in [2.05, 4.69) is 5.32 Å². The van der Waals surface area contributed by atoms with Crippen molar-refractivity contribution in [2.45, 2.75) is 25.0 Å². The first-order valence-electron chi connectivity index (χ1n) is 7.99. The zero-order valence-corrected chi connectivity index (χ0v) is 13.5. The first-order valence-corrected chi connectivity index (χ1v) is 8.37. The SMILES string of the molecule is O=C1c2ccccc2N[C@@H](c2cc(Cl)c3c(c2)OCO3)N1C1CC1. The van der Waals surface area contributed by atoms with Gasteiger partial charge < -0.3 is 19.7 Å². The lowest BCUT2D eigenvalue weighted by molar-refractivity contribution is 0.0666. The van der Waals surface area contributed by atoms with E-state index in [0.29, 0.717) is 22.1 Å². The van der Waals surface area contributed by atoms with Crippen LogP contribution in [-0.2, 0) is 0 Å². The van der Waals surface area contributed by atoms with Gasteiger partial charge in [0.1, 0.15) is 6.17 Å². The van der Waals surface area contributed by atoms with Crippen LogP contribution in [0.5, 0.6) is 11.5 Å². The summed E-state index contributed by atoms with van der Waals surface area (Å²) in [5.74, 6) is 1.26. The van der Waals surface area contributed by atoms with Gasteiger partial charge in [0.25, 0.3) is 5.91 Å². The second kappa shape index (κ2) is 5.05.